The Balaban J connectivity index is 0.00000180. The average Bonchev–Trinajstić information content (AvgIpc) is 3.19. The summed E-state index contributed by atoms with van der Waals surface area (Å²) in [6.45, 7) is -0.0833. The number of hydrogen-bond donors (Lipinski definition) is 1. The molecule has 6 heteroatoms. The van der Waals surface area contributed by atoms with Gasteiger partial charge < -0.3 is 10.6 Å². The van der Waals surface area contributed by atoms with Crippen molar-refractivity contribution in [3.63, 3.8) is 0 Å². The second-order valence-corrected chi connectivity index (χ2v) is 4.48. The minimum Gasteiger partial charge on any atom is -0.330 e. The Bertz CT molecular complexity index is 421. The molecule has 19 heavy (non-hydrogen) atoms. The van der Waals surface area contributed by atoms with Crippen LogP contribution in [0.15, 0.2) is 24.3 Å². The highest BCUT2D eigenvalue weighted by atomic mass is 35.5. The van der Waals surface area contributed by atoms with Gasteiger partial charge in [-0.2, -0.15) is 0 Å². The molecular formula is C13H17ClF2N2O. The Morgan fingerprint density at radius 1 is 1.32 bits per heavy atom. The second-order valence-electron chi connectivity index (χ2n) is 4.48. The molecule has 0 aliphatic heterocycles. The molecule has 0 heterocycles. The molecule has 106 valence electrons. The van der Waals surface area contributed by atoms with Crippen molar-refractivity contribution in [2.24, 2.45) is 5.73 Å². The molecule has 1 aliphatic rings. The van der Waals surface area contributed by atoms with E-state index in [1.165, 1.54) is 4.90 Å². The molecule has 2 rings (SSSR count). The van der Waals surface area contributed by atoms with Crippen LogP contribution in [0.1, 0.15) is 28.8 Å². The standard InChI is InChI=1S/C13H16F2N2O.ClH/c14-12(15)8-17(11-5-6-11)13(18)10-3-1-9(7-16)2-4-10;/h1-4,11-12H,5-8,16H2;1H. The fourth-order valence-corrected chi connectivity index (χ4v) is 1.88. The normalized spacial score (nSPS) is 14.1. The molecule has 1 aromatic carbocycles. The Labute approximate surface area is 117 Å². The van der Waals surface area contributed by atoms with E-state index in [1.54, 1.807) is 24.3 Å². The monoisotopic (exact) mass is 290 g/mol. The zero-order chi connectivity index (χ0) is 13.1. The summed E-state index contributed by atoms with van der Waals surface area (Å²) < 4.78 is 24.9. The van der Waals surface area contributed by atoms with Crippen molar-refractivity contribution in [3.8, 4) is 0 Å². The Kier molecular flexibility index (Phi) is 5.69. The van der Waals surface area contributed by atoms with E-state index in [4.69, 9.17) is 5.73 Å². The molecule has 1 saturated carbocycles. The maximum Gasteiger partial charge on any atom is 0.255 e. The molecule has 1 aromatic rings. The first-order chi connectivity index (χ1) is 8.61. The van der Waals surface area contributed by atoms with E-state index < -0.39 is 13.0 Å². The van der Waals surface area contributed by atoms with Crippen LogP contribution in [-0.2, 0) is 6.54 Å². The first-order valence-electron chi connectivity index (χ1n) is 6.00. The number of hydrogen-bond acceptors (Lipinski definition) is 2. The lowest BCUT2D eigenvalue weighted by Crippen LogP contribution is -2.36. The summed E-state index contributed by atoms with van der Waals surface area (Å²) in [5.41, 5.74) is 6.82. The van der Waals surface area contributed by atoms with Gasteiger partial charge in [-0.15, -0.1) is 12.4 Å². The number of amides is 1. The van der Waals surface area contributed by atoms with E-state index in [9.17, 15) is 13.6 Å². The van der Waals surface area contributed by atoms with E-state index in [-0.39, 0.29) is 24.4 Å². The highest BCUT2D eigenvalue weighted by Gasteiger charge is 2.34. The van der Waals surface area contributed by atoms with Gasteiger partial charge in [-0.25, -0.2) is 8.78 Å². The summed E-state index contributed by atoms with van der Waals surface area (Å²) >= 11 is 0. The lowest BCUT2D eigenvalue weighted by Gasteiger charge is -2.22. The van der Waals surface area contributed by atoms with Crippen LogP contribution in [0.4, 0.5) is 8.78 Å². The van der Waals surface area contributed by atoms with Gasteiger partial charge in [0.25, 0.3) is 12.3 Å². The summed E-state index contributed by atoms with van der Waals surface area (Å²) in [5.74, 6) is -0.318. The third-order valence-electron chi connectivity index (χ3n) is 3.02. The van der Waals surface area contributed by atoms with E-state index in [2.05, 4.69) is 0 Å². The third kappa shape index (κ3) is 4.14. The molecule has 0 saturated heterocycles. The second kappa shape index (κ2) is 6.82. The molecule has 1 amide bonds. The Hall–Kier alpha value is -1.20. The van der Waals surface area contributed by atoms with Crippen LogP contribution in [0, 0.1) is 0 Å². The lowest BCUT2D eigenvalue weighted by atomic mass is 10.1. The summed E-state index contributed by atoms with van der Waals surface area (Å²) in [6.07, 6.45) is -0.851. The zero-order valence-corrected chi connectivity index (χ0v) is 11.2. The van der Waals surface area contributed by atoms with Crippen molar-refractivity contribution in [3.05, 3.63) is 35.4 Å². The molecule has 0 spiro atoms. The van der Waals surface area contributed by atoms with Crippen LogP contribution in [0.5, 0.6) is 0 Å². The van der Waals surface area contributed by atoms with Crippen molar-refractivity contribution >= 4 is 18.3 Å². The van der Waals surface area contributed by atoms with Crippen LogP contribution in [0.3, 0.4) is 0 Å². The van der Waals surface area contributed by atoms with Crippen molar-refractivity contribution < 1.29 is 13.6 Å². The number of carbonyl (C=O) groups excluding carboxylic acids is 1. The first kappa shape index (κ1) is 15.9. The van der Waals surface area contributed by atoms with Gasteiger partial charge in [0, 0.05) is 18.2 Å². The van der Waals surface area contributed by atoms with Crippen LogP contribution in [-0.4, -0.2) is 29.8 Å². The lowest BCUT2D eigenvalue weighted by molar-refractivity contribution is 0.0534. The summed E-state index contributed by atoms with van der Waals surface area (Å²) in [7, 11) is 0. The van der Waals surface area contributed by atoms with E-state index in [0.717, 1.165) is 18.4 Å². The Morgan fingerprint density at radius 2 is 1.89 bits per heavy atom. The minimum absolute atomic E-state index is 0. The van der Waals surface area contributed by atoms with Gasteiger partial charge in [0.1, 0.15) is 0 Å². The first-order valence-corrected chi connectivity index (χ1v) is 6.00. The van der Waals surface area contributed by atoms with Crippen molar-refractivity contribution in [2.45, 2.75) is 31.9 Å². The molecule has 0 unspecified atom stereocenters. The van der Waals surface area contributed by atoms with Crippen molar-refractivity contribution in [1.82, 2.24) is 4.90 Å². The van der Waals surface area contributed by atoms with Gasteiger partial charge in [-0.1, -0.05) is 12.1 Å². The van der Waals surface area contributed by atoms with Gasteiger partial charge >= 0.3 is 0 Å². The zero-order valence-electron chi connectivity index (χ0n) is 10.4. The molecule has 1 fully saturated rings. The number of benzene rings is 1. The van der Waals surface area contributed by atoms with Crippen LogP contribution >= 0.6 is 12.4 Å². The minimum atomic E-state index is -2.49. The van der Waals surface area contributed by atoms with Crippen LogP contribution < -0.4 is 5.73 Å². The number of rotatable bonds is 5. The van der Waals surface area contributed by atoms with Crippen molar-refractivity contribution in [1.29, 1.82) is 0 Å². The van der Waals surface area contributed by atoms with E-state index in [0.29, 0.717) is 12.1 Å². The highest BCUT2D eigenvalue weighted by molar-refractivity contribution is 5.94. The largest absolute Gasteiger partial charge is 0.330 e. The number of nitrogens with two attached hydrogens (primary N) is 1. The van der Waals surface area contributed by atoms with Gasteiger partial charge in [0.05, 0.1) is 6.54 Å². The quantitative estimate of drug-likeness (QED) is 0.905. The van der Waals surface area contributed by atoms with E-state index >= 15 is 0 Å². The van der Waals surface area contributed by atoms with Crippen LogP contribution in [0.25, 0.3) is 0 Å². The molecular weight excluding hydrogens is 274 g/mol. The smallest absolute Gasteiger partial charge is 0.255 e. The number of halogens is 3. The number of carbonyl (C=O) groups is 1. The molecule has 0 aromatic heterocycles. The predicted molar refractivity (Wildman–Crippen MR) is 71.6 cm³/mol. The SMILES string of the molecule is Cl.NCc1ccc(C(=O)N(CC(F)F)C2CC2)cc1. The van der Waals surface area contributed by atoms with Crippen molar-refractivity contribution in [2.75, 3.05) is 6.54 Å². The molecule has 2 N–H and O–H groups in total. The maximum absolute atomic E-state index is 12.5. The van der Waals surface area contributed by atoms with Gasteiger partial charge in [0.15, 0.2) is 0 Å². The van der Waals surface area contributed by atoms with Gasteiger partial charge in [-0.05, 0) is 30.5 Å². The van der Waals surface area contributed by atoms with Crippen LogP contribution in [0.2, 0.25) is 0 Å². The predicted octanol–water partition coefficient (Wildman–Crippen LogP) is 2.44. The molecule has 0 bridgehead atoms. The fraction of sp³-hybridized carbons (Fsp3) is 0.462. The number of nitrogens with zero attached hydrogens (tertiary/aromatic N) is 1. The maximum atomic E-state index is 12.5. The number of alkyl halides is 2. The summed E-state index contributed by atoms with van der Waals surface area (Å²) in [4.78, 5) is 13.4. The molecule has 1 aliphatic carbocycles. The van der Waals surface area contributed by atoms with Gasteiger partial charge in [-0.3, -0.25) is 4.79 Å². The Morgan fingerprint density at radius 3 is 2.32 bits per heavy atom. The summed E-state index contributed by atoms with van der Waals surface area (Å²) in [6, 6.07) is 6.78. The third-order valence-corrected chi connectivity index (χ3v) is 3.02. The topological polar surface area (TPSA) is 46.3 Å². The fourth-order valence-electron chi connectivity index (χ4n) is 1.88. The molecule has 0 atom stereocenters. The highest BCUT2D eigenvalue weighted by Crippen LogP contribution is 2.28. The summed E-state index contributed by atoms with van der Waals surface area (Å²) in [5, 5.41) is 0. The molecule has 3 nitrogen and oxygen atoms in total. The van der Waals surface area contributed by atoms with E-state index in [1.807, 2.05) is 0 Å². The molecule has 0 radical (unpaired) electrons. The van der Waals surface area contributed by atoms with Gasteiger partial charge in [0.2, 0.25) is 0 Å². The average molecular weight is 291 g/mol.